The maximum absolute atomic E-state index is 11.5. The lowest BCUT2D eigenvalue weighted by molar-refractivity contribution is -0.117. The van der Waals surface area contributed by atoms with E-state index in [-0.39, 0.29) is 11.3 Å². The summed E-state index contributed by atoms with van der Waals surface area (Å²) in [6.07, 6.45) is 0.375. The second-order valence-electron chi connectivity index (χ2n) is 3.34. The van der Waals surface area contributed by atoms with Crippen molar-refractivity contribution in [2.45, 2.75) is 11.8 Å². The van der Waals surface area contributed by atoms with Gasteiger partial charge in [-0.25, -0.2) is 0 Å². The van der Waals surface area contributed by atoms with Crippen molar-refractivity contribution in [2.75, 3.05) is 18.6 Å². The number of hydrogen-bond acceptors (Lipinski definition) is 3. The van der Waals surface area contributed by atoms with Crippen LogP contribution < -0.4 is 9.64 Å². The Bertz CT molecular complexity index is 383. The Labute approximate surface area is 92.8 Å². The van der Waals surface area contributed by atoms with Crippen LogP contribution in [0, 0.1) is 0 Å². The van der Waals surface area contributed by atoms with E-state index in [1.165, 1.54) is 0 Å². The molecular weight excluding hydrogens is 216 g/mol. The summed E-state index contributed by atoms with van der Waals surface area (Å²) in [6, 6.07) is 5.31. The molecule has 0 bridgehead atoms. The minimum absolute atomic E-state index is 0.00996. The van der Waals surface area contributed by atoms with Gasteiger partial charge in [0.15, 0.2) is 0 Å². The number of carbonyl (C=O) groups is 1. The second kappa shape index (κ2) is 4.06. The number of hydrogen-bond donors (Lipinski definition) is 0. The molecule has 1 aromatic heterocycles. The molecule has 1 unspecified atom stereocenters. The summed E-state index contributed by atoms with van der Waals surface area (Å²) in [5.41, 5.74) is 0. The van der Waals surface area contributed by atoms with Crippen LogP contribution in [0.15, 0.2) is 18.2 Å². The fraction of sp³-hybridized carbons (Fsp3) is 0.400. The van der Waals surface area contributed by atoms with Crippen LogP contribution in [-0.4, -0.2) is 29.9 Å². The number of methoxy groups -OCH3 is 1. The predicted molar refractivity (Wildman–Crippen MR) is 57.4 cm³/mol. The molecule has 0 aromatic carbocycles. The zero-order valence-corrected chi connectivity index (χ0v) is 9.07. The standard InChI is InChI=1S/C10H11ClN2O2/c1-15-9-4-2-3-8(12-9)13-6-7(11)5-10(13)14/h2-4,7H,5-6H2,1H3. The average Bonchev–Trinajstić information content (AvgIpc) is 2.58. The Kier molecular flexibility index (Phi) is 2.77. The van der Waals surface area contributed by atoms with Gasteiger partial charge >= 0.3 is 0 Å². The van der Waals surface area contributed by atoms with Gasteiger partial charge < -0.3 is 4.74 Å². The molecule has 1 aliphatic heterocycles. The normalized spacial score (nSPS) is 20.8. The first kappa shape index (κ1) is 10.2. The molecule has 4 nitrogen and oxygen atoms in total. The summed E-state index contributed by atoms with van der Waals surface area (Å²) in [7, 11) is 1.54. The molecule has 1 aromatic rings. The van der Waals surface area contributed by atoms with Gasteiger partial charge in [-0.05, 0) is 6.07 Å². The lowest BCUT2D eigenvalue weighted by Gasteiger charge is -2.14. The van der Waals surface area contributed by atoms with Gasteiger partial charge in [-0.15, -0.1) is 11.6 Å². The van der Waals surface area contributed by atoms with Gasteiger partial charge in [0, 0.05) is 19.0 Å². The molecule has 1 atom stereocenters. The van der Waals surface area contributed by atoms with Crippen molar-refractivity contribution in [1.82, 2.24) is 4.98 Å². The van der Waals surface area contributed by atoms with Gasteiger partial charge in [0.25, 0.3) is 0 Å². The van der Waals surface area contributed by atoms with E-state index in [4.69, 9.17) is 16.3 Å². The number of aromatic nitrogens is 1. The number of nitrogens with zero attached hydrogens (tertiary/aromatic N) is 2. The van der Waals surface area contributed by atoms with E-state index in [1.807, 2.05) is 0 Å². The summed E-state index contributed by atoms with van der Waals surface area (Å²) < 4.78 is 4.99. The van der Waals surface area contributed by atoms with Crippen LogP contribution in [0.25, 0.3) is 0 Å². The quantitative estimate of drug-likeness (QED) is 0.717. The van der Waals surface area contributed by atoms with Gasteiger partial charge in [0.1, 0.15) is 5.82 Å². The smallest absolute Gasteiger partial charge is 0.229 e. The van der Waals surface area contributed by atoms with Crippen molar-refractivity contribution in [1.29, 1.82) is 0 Å². The summed E-state index contributed by atoms with van der Waals surface area (Å²) >= 11 is 5.90. The van der Waals surface area contributed by atoms with Gasteiger partial charge in [0.2, 0.25) is 11.8 Å². The first-order valence-electron chi connectivity index (χ1n) is 4.66. The predicted octanol–water partition coefficient (Wildman–Crippen LogP) is 1.43. The molecule has 15 heavy (non-hydrogen) atoms. The molecule has 0 saturated carbocycles. The topological polar surface area (TPSA) is 42.4 Å². The van der Waals surface area contributed by atoms with Crippen LogP contribution in [-0.2, 0) is 4.79 Å². The zero-order chi connectivity index (χ0) is 10.8. The summed E-state index contributed by atoms with van der Waals surface area (Å²) in [6.45, 7) is 0.514. The fourth-order valence-corrected chi connectivity index (χ4v) is 1.82. The van der Waals surface area contributed by atoms with Gasteiger partial charge in [-0.1, -0.05) is 6.07 Å². The van der Waals surface area contributed by atoms with Crippen molar-refractivity contribution in [2.24, 2.45) is 0 Å². The largest absolute Gasteiger partial charge is 0.481 e. The Morgan fingerprint density at radius 3 is 3.00 bits per heavy atom. The third-order valence-corrected chi connectivity index (χ3v) is 2.56. The molecule has 0 aliphatic carbocycles. The van der Waals surface area contributed by atoms with Crippen molar-refractivity contribution in [3.05, 3.63) is 18.2 Å². The average molecular weight is 227 g/mol. The molecule has 0 radical (unpaired) electrons. The maximum atomic E-state index is 11.5. The van der Waals surface area contributed by atoms with Crippen molar-refractivity contribution in [3.8, 4) is 5.88 Å². The van der Waals surface area contributed by atoms with Crippen molar-refractivity contribution < 1.29 is 9.53 Å². The molecule has 0 spiro atoms. The van der Waals surface area contributed by atoms with E-state index < -0.39 is 0 Å². The van der Waals surface area contributed by atoms with E-state index in [0.29, 0.717) is 24.7 Å². The highest BCUT2D eigenvalue weighted by atomic mass is 35.5. The Balaban J connectivity index is 2.25. The van der Waals surface area contributed by atoms with E-state index in [9.17, 15) is 4.79 Å². The van der Waals surface area contributed by atoms with Crippen LogP contribution in [0.2, 0.25) is 0 Å². The van der Waals surface area contributed by atoms with Gasteiger partial charge in [-0.2, -0.15) is 4.98 Å². The number of ether oxygens (including phenoxy) is 1. The van der Waals surface area contributed by atoms with E-state index in [2.05, 4.69) is 4.98 Å². The van der Waals surface area contributed by atoms with E-state index >= 15 is 0 Å². The highest BCUT2D eigenvalue weighted by Gasteiger charge is 2.29. The molecule has 0 N–H and O–H groups in total. The summed E-state index contributed by atoms with van der Waals surface area (Å²) in [5, 5.41) is -0.120. The molecular formula is C10H11ClN2O2. The van der Waals surface area contributed by atoms with Gasteiger partial charge in [0.05, 0.1) is 12.5 Å². The molecule has 2 rings (SSSR count). The van der Waals surface area contributed by atoms with Crippen LogP contribution in [0.5, 0.6) is 5.88 Å². The molecule has 2 heterocycles. The summed E-state index contributed by atoms with van der Waals surface area (Å²) in [5.74, 6) is 1.11. The second-order valence-corrected chi connectivity index (χ2v) is 3.96. The Morgan fingerprint density at radius 1 is 1.60 bits per heavy atom. The molecule has 1 saturated heterocycles. The molecule has 80 valence electrons. The fourth-order valence-electron chi connectivity index (χ4n) is 1.55. The maximum Gasteiger partial charge on any atom is 0.229 e. The highest BCUT2D eigenvalue weighted by Crippen LogP contribution is 2.23. The first-order valence-corrected chi connectivity index (χ1v) is 5.10. The van der Waals surface area contributed by atoms with Crippen LogP contribution in [0.1, 0.15) is 6.42 Å². The monoisotopic (exact) mass is 226 g/mol. The van der Waals surface area contributed by atoms with Crippen LogP contribution in [0.3, 0.4) is 0 Å². The minimum atomic E-state index is -0.120. The van der Waals surface area contributed by atoms with Crippen LogP contribution >= 0.6 is 11.6 Å². The minimum Gasteiger partial charge on any atom is -0.481 e. The number of anilines is 1. The molecule has 1 aliphatic rings. The van der Waals surface area contributed by atoms with E-state index in [0.717, 1.165) is 0 Å². The van der Waals surface area contributed by atoms with Crippen molar-refractivity contribution >= 4 is 23.3 Å². The summed E-state index contributed by atoms with van der Waals surface area (Å²) in [4.78, 5) is 17.3. The molecule has 1 amide bonds. The van der Waals surface area contributed by atoms with Crippen molar-refractivity contribution in [3.63, 3.8) is 0 Å². The van der Waals surface area contributed by atoms with Crippen LogP contribution in [0.4, 0.5) is 5.82 Å². The zero-order valence-electron chi connectivity index (χ0n) is 8.31. The SMILES string of the molecule is COc1cccc(N2CC(Cl)CC2=O)n1. The number of rotatable bonds is 2. The first-order chi connectivity index (χ1) is 7.20. The number of carbonyl (C=O) groups excluding carboxylic acids is 1. The number of halogens is 1. The highest BCUT2D eigenvalue weighted by molar-refractivity contribution is 6.24. The number of pyridine rings is 1. The lowest BCUT2D eigenvalue weighted by Crippen LogP contribution is -2.25. The van der Waals surface area contributed by atoms with E-state index in [1.54, 1.807) is 30.2 Å². The molecule has 5 heteroatoms. The Morgan fingerprint density at radius 2 is 2.40 bits per heavy atom. The third-order valence-electron chi connectivity index (χ3n) is 2.27. The molecule has 1 fully saturated rings. The lowest BCUT2D eigenvalue weighted by atomic mass is 10.4. The Hall–Kier alpha value is -1.29. The number of amides is 1. The van der Waals surface area contributed by atoms with Gasteiger partial charge in [-0.3, -0.25) is 9.69 Å². The number of alkyl halides is 1. The third kappa shape index (κ3) is 2.04.